The lowest BCUT2D eigenvalue weighted by Crippen LogP contribution is -1.98. The molecule has 2 rings (SSSR count). The molecule has 0 spiro atoms. The molecule has 2 aromatic rings. The maximum Gasteiger partial charge on any atom is 0.358 e. The van der Waals surface area contributed by atoms with Gasteiger partial charge >= 0.3 is 5.97 Å². The number of benzene rings is 1. The normalized spacial score (nSPS) is 11.0. The van der Waals surface area contributed by atoms with Crippen LogP contribution in [0.2, 0.25) is 5.02 Å². The summed E-state index contributed by atoms with van der Waals surface area (Å²) in [7, 11) is 0. The fourth-order valence-electron chi connectivity index (χ4n) is 1.43. The average molecular weight is 264 g/mol. The first-order chi connectivity index (χ1) is 8.56. The number of nitrogens with zero attached hydrogens (tertiary/aromatic N) is 1. The van der Waals surface area contributed by atoms with Gasteiger partial charge in [0.1, 0.15) is 5.76 Å². The topological polar surface area (TPSA) is 63.3 Å². The predicted molar refractivity (Wildman–Crippen MR) is 68.6 cm³/mol. The van der Waals surface area contributed by atoms with Gasteiger partial charge in [0.25, 0.3) is 0 Å². The molecule has 92 valence electrons. The molecule has 1 aromatic carbocycles. The van der Waals surface area contributed by atoms with E-state index in [9.17, 15) is 4.79 Å². The lowest BCUT2D eigenvalue weighted by Gasteiger charge is -1.92. The molecule has 1 N–H and O–H groups in total. The van der Waals surface area contributed by atoms with Crippen molar-refractivity contribution in [1.82, 2.24) is 4.98 Å². The molecule has 0 amide bonds. The monoisotopic (exact) mass is 263 g/mol. The number of aryl methyl sites for hydroxylation is 1. The summed E-state index contributed by atoms with van der Waals surface area (Å²) in [6.07, 6.45) is 3.38. The second kappa shape index (κ2) is 5.06. The summed E-state index contributed by atoms with van der Waals surface area (Å²) >= 11 is 5.77. The standard InChI is InChI=1S/C13H10ClNO3/c1-8-12(13(16)17)15-11(18-8)7-4-9-2-5-10(14)6-3-9/h2-7H,1H3,(H,16,17)/b7-4+. The Labute approximate surface area is 109 Å². The molecule has 0 saturated carbocycles. The SMILES string of the molecule is Cc1oc(/C=C/c2ccc(Cl)cc2)nc1C(=O)O. The predicted octanol–water partition coefficient (Wildman–Crippen LogP) is 3.51. The van der Waals surface area contributed by atoms with Gasteiger partial charge in [-0.15, -0.1) is 0 Å². The summed E-state index contributed by atoms with van der Waals surface area (Å²) in [4.78, 5) is 14.6. The number of halogens is 1. The summed E-state index contributed by atoms with van der Waals surface area (Å²) in [5.74, 6) is -0.541. The molecule has 0 unspecified atom stereocenters. The van der Waals surface area contributed by atoms with Gasteiger partial charge in [-0.1, -0.05) is 23.7 Å². The largest absolute Gasteiger partial charge is 0.476 e. The number of oxazole rings is 1. The maximum absolute atomic E-state index is 10.8. The van der Waals surface area contributed by atoms with E-state index in [1.165, 1.54) is 0 Å². The van der Waals surface area contributed by atoms with Gasteiger partial charge in [-0.2, -0.15) is 0 Å². The van der Waals surface area contributed by atoms with E-state index in [1.807, 2.05) is 12.1 Å². The Morgan fingerprint density at radius 2 is 2.00 bits per heavy atom. The summed E-state index contributed by atoms with van der Waals surface area (Å²) < 4.78 is 5.22. The van der Waals surface area contributed by atoms with Crippen LogP contribution in [0.15, 0.2) is 28.7 Å². The van der Waals surface area contributed by atoms with Crippen LogP contribution in [0, 0.1) is 6.92 Å². The lowest BCUT2D eigenvalue weighted by atomic mass is 10.2. The average Bonchev–Trinajstić information content (AvgIpc) is 2.70. The first-order valence-corrected chi connectivity index (χ1v) is 5.58. The highest BCUT2D eigenvalue weighted by Gasteiger charge is 2.14. The van der Waals surface area contributed by atoms with E-state index in [0.29, 0.717) is 10.8 Å². The van der Waals surface area contributed by atoms with E-state index in [1.54, 1.807) is 31.2 Å². The van der Waals surface area contributed by atoms with Crippen LogP contribution in [-0.2, 0) is 0 Å². The minimum absolute atomic E-state index is 0.0641. The molecule has 0 saturated heterocycles. The molecule has 0 aliphatic heterocycles. The van der Waals surface area contributed by atoms with Crippen molar-refractivity contribution in [1.29, 1.82) is 0 Å². The van der Waals surface area contributed by atoms with Crippen LogP contribution in [0.1, 0.15) is 27.7 Å². The fraction of sp³-hybridized carbons (Fsp3) is 0.0769. The van der Waals surface area contributed by atoms with Crippen LogP contribution in [0.5, 0.6) is 0 Å². The highest BCUT2D eigenvalue weighted by atomic mass is 35.5. The molecule has 0 aliphatic rings. The highest BCUT2D eigenvalue weighted by molar-refractivity contribution is 6.30. The summed E-state index contributed by atoms with van der Waals surface area (Å²) in [5.41, 5.74) is 0.859. The molecule has 0 atom stereocenters. The first-order valence-electron chi connectivity index (χ1n) is 5.20. The molecule has 1 aromatic heterocycles. The zero-order chi connectivity index (χ0) is 13.1. The van der Waals surface area contributed by atoms with Gasteiger partial charge in [0.2, 0.25) is 5.89 Å². The number of hydrogen-bond donors (Lipinski definition) is 1. The van der Waals surface area contributed by atoms with E-state index in [2.05, 4.69) is 4.98 Å². The Kier molecular flexibility index (Phi) is 3.48. The van der Waals surface area contributed by atoms with Gasteiger partial charge in [-0.25, -0.2) is 9.78 Å². The zero-order valence-electron chi connectivity index (χ0n) is 9.55. The summed E-state index contributed by atoms with van der Waals surface area (Å²) in [6, 6.07) is 7.22. The van der Waals surface area contributed by atoms with Crippen molar-refractivity contribution < 1.29 is 14.3 Å². The Morgan fingerprint density at radius 1 is 1.33 bits per heavy atom. The van der Waals surface area contributed by atoms with Crippen LogP contribution in [0.3, 0.4) is 0 Å². The van der Waals surface area contributed by atoms with Crippen molar-refractivity contribution >= 4 is 29.7 Å². The van der Waals surface area contributed by atoms with E-state index in [4.69, 9.17) is 21.1 Å². The molecule has 1 heterocycles. The third-order valence-electron chi connectivity index (χ3n) is 2.30. The van der Waals surface area contributed by atoms with Crippen LogP contribution in [-0.4, -0.2) is 16.1 Å². The molecule has 0 bridgehead atoms. The number of hydrogen-bond acceptors (Lipinski definition) is 3. The highest BCUT2D eigenvalue weighted by Crippen LogP contribution is 2.14. The second-order valence-corrected chi connectivity index (χ2v) is 4.08. The number of carboxylic acids is 1. The number of carbonyl (C=O) groups is 1. The molecular formula is C13H10ClNO3. The molecule has 0 fully saturated rings. The van der Waals surface area contributed by atoms with Gasteiger partial charge < -0.3 is 9.52 Å². The zero-order valence-corrected chi connectivity index (χ0v) is 10.3. The van der Waals surface area contributed by atoms with E-state index in [-0.39, 0.29) is 11.6 Å². The summed E-state index contributed by atoms with van der Waals surface area (Å²) in [5, 5.41) is 9.49. The van der Waals surface area contributed by atoms with Crippen LogP contribution in [0.25, 0.3) is 12.2 Å². The minimum Gasteiger partial charge on any atom is -0.476 e. The molecule has 0 radical (unpaired) electrons. The van der Waals surface area contributed by atoms with Crippen molar-refractivity contribution in [3.63, 3.8) is 0 Å². The molecular weight excluding hydrogens is 254 g/mol. The van der Waals surface area contributed by atoms with Gasteiger partial charge in [0, 0.05) is 11.1 Å². The number of carboxylic acid groups (broad SMARTS) is 1. The smallest absolute Gasteiger partial charge is 0.358 e. The first kappa shape index (κ1) is 12.4. The lowest BCUT2D eigenvalue weighted by molar-refractivity contribution is 0.0689. The van der Waals surface area contributed by atoms with E-state index >= 15 is 0 Å². The van der Waals surface area contributed by atoms with Gasteiger partial charge in [-0.05, 0) is 30.7 Å². The number of aromatic nitrogens is 1. The van der Waals surface area contributed by atoms with Crippen LogP contribution >= 0.6 is 11.6 Å². The van der Waals surface area contributed by atoms with Crippen molar-refractivity contribution in [2.24, 2.45) is 0 Å². The van der Waals surface area contributed by atoms with Gasteiger partial charge in [0.15, 0.2) is 5.69 Å². The second-order valence-electron chi connectivity index (χ2n) is 3.65. The Balaban J connectivity index is 2.21. The molecule has 18 heavy (non-hydrogen) atoms. The fourth-order valence-corrected chi connectivity index (χ4v) is 1.55. The van der Waals surface area contributed by atoms with Crippen molar-refractivity contribution in [2.45, 2.75) is 6.92 Å². The number of aromatic carboxylic acids is 1. The van der Waals surface area contributed by atoms with Crippen molar-refractivity contribution in [3.8, 4) is 0 Å². The quantitative estimate of drug-likeness (QED) is 0.920. The van der Waals surface area contributed by atoms with Crippen molar-refractivity contribution in [3.05, 3.63) is 52.2 Å². The van der Waals surface area contributed by atoms with Crippen LogP contribution in [0.4, 0.5) is 0 Å². The summed E-state index contributed by atoms with van der Waals surface area (Å²) in [6.45, 7) is 1.57. The van der Waals surface area contributed by atoms with E-state index in [0.717, 1.165) is 5.56 Å². The van der Waals surface area contributed by atoms with Gasteiger partial charge in [0.05, 0.1) is 0 Å². The Bertz CT molecular complexity index is 599. The maximum atomic E-state index is 10.8. The minimum atomic E-state index is -1.10. The molecule has 0 aliphatic carbocycles. The Hall–Kier alpha value is -2.07. The van der Waals surface area contributed by atoms with Crippen molar-refractivity contribution in [2.75, 3.05) is 0 Å². The van der Waals surface area contributed by atoms with Crippen LogP contribution < -0.4 is 0 Å². The molecule has 4 nitrogen and oxygen atoms in total. The third-order valence-corrected chi connectivity index (χ3v) is 2.56. The number of rotatable bonds is 3. The van der Waals surface area contributed by atoms with Gasteiger partial charge in [-0.3, -0.25) is 0 Å². The Morgan fingerprint density at radius 3 is 2.56 bits per heavy atom. The molecule has 5 heteroatoms. The third kappa shape index (κ3) is 2.78. The van der Waals surface area contributed by atoms with E-state index < -0.39 is 5.97 Å².